The van der Waals surface area contributed by atoms with Crippen molar-refractivity contribution in [1.82, 2.24) is 15.3 Å². The summed E-state index contributed by atoms with van der Waals surface area (Å²) < 4.78 is 4.55. The van der Waals surface area contributed by atoms with Crippen LogP contribution in [0.3, 0.4) is 0 Å². The quantitative estimate of drug-likeness (QED) is 0.837. The molecular weight excluding hydrogens is 278 g/mol. The van der Waals surface area contributed by atoms with E-state index < -0.39 is 0 Å². The van der Waals surface area contributed by atoms with Gasteiger partial charge in [-0.25, -0.2) is 0 Å². The Morgan fingerprint density at radius 1 is 1.32 bits per heavy atom. The van der Waals surface area contributed by atoms with Gasteiger partial charge in [0.25, 0.3) is 6.47 Å². The van der Waals surface area contributed by atoms with Crippen molar-refractivity contribution in [3.8, 4) is 0 Å². The molecule has 1 aliphatic heterocycles. The lowest BCUT2D eigenvalue weighted by Gasteiger charge is -2.21. The lowest BCUT2D eigenvalue weighted by atomic mass is 9.91. The second-order valence-electron chi connectivity index (χ2n) is 6.49. The third-order valence-corrected chi connectivity index (χ3v) is 3.64. The molecule has 2 aromatic rings. The summed E-state index contributed by atoms with van der Waals surface area (Å²) in [4.78, 5) is 17.4. The molecule has 1 aliphatic rings. The van der Waals surface area contributed by atoms with E-state index in [4.69, 9.17) is 0 Å². The lowest BCUT2D eigenvalue weighted by Crippen LogP contribution is -2.26. The van der Waals surface area contributed by atoms with Crippen molar-refractivity contribution in [2.45, 2.75) is 45.1 Å². The number of nitrogens with one attached hydrogen (secondary N) is 2. The van der Waals surface area contributed by atoms with Gasteiger partial charge in [0.1, 0.15) is 5.60 Å². The zero-order chi connectivity index (χ0) is 16.0. The van der Waals surface area contributed by atoms with E-state index in [-0.39, 0.29) is 5.60 Å². The zero-order valence-electron chi connectivity index (χ0n) is 13.6. The smallest absolute Gasteiger partial charge is 0.293 e. The number of carbonyl (C=O) groups excluding carboxylic acids is 1. The van der Waals surface area contributed by atoms with Crippen LogP contribution in [0.15, 0.2) is 24.5 Å². The number of nitrogens with zero attached hydrogens (tertiary/aromatic N) is 1. The second kappa shape index (κ2) is 7.40. The van der Waals surface area contributed by atoms with Gasteiger partial charge in [0.2, 0.25) is 0 Å². The Bertz CT molecular complexity index is 595. The number of aromatic amines is 1. The molecule has 22 heavy (non-hydrogen) atoms. The van der Waals surface area contributed by atoms with Crippen LogP contribution in [-0.2, 0) is 9.53 Å². The molecule has 0 amide bonds. The SMILES string of the molecule is CC(C)(C)OC=O.c1cnc2c(C3CCNCC3)c[nH]c2c1. The number of piperidine rings is 1. The number of hydrogen-bond acceptors (Lipinski definition) is 4. The third-order valence-electron chi connectivity index (χ3n) is 3.64. The van der Waals surface area contributed by atoms with Gasteiger partial charge in [-0.05, 0) is 70.3 Å². The first-order chi connectivity index (χ1) is 10.5. The molecule has 2 N–H and O–H groups in total. The zero-order valence-corrected chi connectivity index (χ0v) is 13.6. The first-order valence-corrected chi connectivity index (χ1v) is 7.75. The predicted octanol–water partition coefficient (Wildman–Crippen LogP) is 2.99. The number of hydrogen-bond donors (Lipinski definition) is 2. The van der Waals surface area contributed by atoms with Gasteiger partial charge in [0.15, 0.2) is 0 Å². The van der Waals surface area contributed by atoms with Gasteiger partial charge in [-0.15, -0.1) is 0 Å². The highest BCUT2D eigenvalue weighted by Crippen LogP contribution is 2.29. The molecule has 3 rings (SSSR count). The van der Waals surface area contributed by atoms with Gasteiger partial charge in [0, 0.05) is 12.4 Å². The Balaban J connectivity index is 0.000000217. The van der Waals surface area contributed by atoms with Crippen molar-refractivity contribution in [1.29, 1.82) is 0 Å². The van der Waals surface area contributed by atoms with E-state index in [2.05, 4.69) is 32.3 Å². The van der Waals surface area contributed by atoms with Gasteiger partial charge >= 0.3 is 0 Å². The van der Waals surface area contributed by atoms with Crippen LogP contribution in [0, 0.1) is 0 Å². The molecule has 0 aliphatic carbocycles. The van der Waals surface area contributed by atoms with Crippen molar-refractivity contribution in [2.75, 3.05) is 13.1 Å². The minimum absolute atomic E-state index is 0.318. The number of aromatic nitrogens is 2. The largest absolute Gasteiger partial charge is 0.462 e. The van der Waals surface area contributed by atoms with Gasteiger partial charge in [-0.1, -0.05) is 0 Å². The van der Waals surface area contributed by atoms with Gasteiger partial charge < -0.3 is 15.0 Å². The summed E-state index contributed by atoms with van der Waals surface area (Å²) in [6.07, 6.45) is 6.46. The second-order valence-corrected chi connectivity index (χ2v) is 6.49. The predicted molar refractivity (Wildman–Crippen MR) is 87.8 cm³/mol. The standard InChI is InChI=1S/C12H15N3.C5H10O2/c1-2-11-12(14-5-1)10(8-15-11)9-3-6-13-7-4-9;1-5(2,3)7-4-6/h1-2,5,8-9,13,15H,3-4,6-7H2;4H,1-3H3. The molecule has 0 aromatic carbocycles. The number of carbonyl (C=O) groups is 1. The van der Waals surface area contributed by atoms with Crippen molar-refractivity contribution < 1.29 is 9.53 Å². The van der Waals surface area contributed by atoms with Crippen LogP contribution in [0.2, 0.25) is 0 Å². The molecule has 120 valence electrons. The maximum atomic E-state index is 9.60. The van der Waals surface area contributed by atoms with Crippen molar-refractivity contribution in [2.24, 2.45) is 0 Å². The fourth-order valence-corrected chi connectivity index (χ4v) is 2.56. The van der Waals surface area contributed by atoms with E-state index in [0.29, 0.717) is 12.4 Å². The first kappa shape index (κ1) is 16.5. The number of H-pyrrole nitrogens is 1. The van der Waals surface area contributed by atoms with Crippen molar-refractivity contribution >= 4 is 17.5 Å². The molecule has 1 saturated heterocycles. The van der Waals surface area contributed by atoms with Gasteiger partial charge in [-0.2, -0.15) is 0 Å². The van der Waals surface area contributed by atoms with Crippen LogP contribution in [0.1, 0.15) is 45.1 Å². The highest BCUT2D eigenvalue weighted by molar-refractivity contribution is 5.79. The molecule has 2 aromatic heterocycles. The molecule has 0 bridgehead atoms. The van der Waals surface area contributed by atoms with Crippen LogP contribution in [-0.4, -0.2) is 35.1 Å². The molecule has 0 radical (unpaired) electrons. The lowest BCUT2D eigenvalue weighted by molar-refractivity contribution is -0.138. The normalized spacial score (nSPS) is 16.0. The Hall–Kier alpha value is -1.88. The summed E-state index contributed by atoms with van der Waals surface area (Å²) in [6, 6.07) is 4.07. The molecule has 0 unspecified atom stereocenters. The Morgan fingerprint density at radius 2 is 2.05 bits per heavy atom. The average Bonchev–Trinajstić information content (AvgIpc) is 2.91. The van der Waals surface area contributed by atoms with E-state index in [1.165, 1.54) is 18.4 Å². The van der Waals surface area contributed by atoms with E-state index >= 15 is 0 Å². The number of pyridine rings is 1. The molecule has 5 nitrogen and oxygen atoms in total. The first-order valence-electron chi connectivity index (χ1n) is 7.75. The highest BCUT2D eigenvalue weighted by Gasteiger charge is 2.18. The van der Waals surface area contributed by atoms with Crippen molar-refractivity contribution in [3.63, 3.8) is 0 Å². The van der Waals surface area contributed by atoms with Crippen LogP contribution >= 0.6 is 0 Å². The summed E-state index contributed by atoms with van der Waals surface area (Å²) in [6.45, 7) is 8.18. The average molecular weight is 303 g/mol. The summed E-state index contributed by atoms with van der Waals surface area (Å²) in [5.41, 5.74) is 3.39. The number of rotatable bonds is 2. The summed E-state index contributed by atoms with van der Waals surface area (Å²) >= 11 is 0. The highest BCUT2D eigenvalue weighted by atomic mass is 16.5. The van der Waals surface area contributed by atoms with Gasteiger partial charge in [0.05, 0.1) is 11.0 Å². The van der Waals surface area contributed by atoms with Crippen LogP contribution < -0.4 is 5.32 Å². The molecule has 5 heteroatoms. The van der Waals surface area contributed by atoms with Crippen molar-refractivity contribution in [3.05, 3.63) is 30.1 Å². The molecule has 0 atom stereocenters. The summed E-state index contributed by atoms with van der Waals surface area (Å²) in [7, 11) is 0. The molecule has 0 spiro atoms. The van der Waals surface area contributed by atoms with E-state index in [9.17, 15) is 4.79 Å². The molecule has 0 saturated carbocycles. The van der Waals surface area contributed by atoms with Crippen LogP contribution in [0.5, 0.6) is 0 Å². The monoisotopic (exact) mass is 303 g/mol. The third kappa shape index (κ3) is 4.56. The van der Waals surface area contributed by atoms with E-state index in [1.54, 1.807) is 0 Å². The minimum atomic E-state index is -0.318. The summed E-state index contributed by atoms with van der Waals surface area (Å²) in [5, 5.41) is 3.39. The van der Waals surface area contributed by atoms with Crippen LogP contribution in [0.25, 0.3) is 11.0 Å². The maximum Gasteiger partial charge on any atom is 0.293 e. The fraction of sp³-hybridized carbons (Fsp3) is 0.529. The molecule has 3 heterocycles. The van der Waals surface area contributed by atoms with Crippen LogP contribution in [0.4, 0.5) is 0 Å². The van der Waals surface area contributed by atoms with E-state index in [0.717, 1.165) is 24.1 Å². The maximum absolute atomic E-state index is 9.60. The fourth-order valence-electron chi connectivity index (χ4n) is 2.56. The summed E-state index contributed by atoms with van der Waals surface area (Å²) in [5.74, 6) is 0.676. The Labute approximate surface area is 131 Å². The molecular formula is C17H25N3O2. The number of ether oxygens (including phenoxy) is 1. The Kier molecular flexibility index (Phi) is 5.55. The van der Waals surface area contributed by atoms with E-state index in [1.807, 2.05) is 33.0 Å². The topological polar surface area (TPSA) is 67.0 Å². The van der Waals surface area contributed by atoms with Gasteiger partial charge in [-0.3, -0.25) is 9.78 Å². The molecule has 1 fully saturated rings. The minimum Gasteiger partial charge on any atom is -0.462 e. The Morgan fingerprint density at radius 3 is 2.64 bits per heavy atom. The number of fused-ring (bicyclic) bond motifs is 1.